The SMILES string of the molecule is N[C@@H](CC1CC1)c1ccccc1O. The van der Waals surface area contributed by atoms with Gasteiger partial charge in [0.25, 0.3) is 0 Å². The molecule has 13 heavy (non-hydrogen) atoms. The van der Waals surface area contributed by atoms with Gasteiger partial charge in [-0.15, -0.1) is 0 Å². The highest BCUT2D eigenvalue weighted by molar-refractivity contribution is 5.34. The molecule has 0 radical (unpaired) electrons. The van der Waals surface area contributed by atoms with Gasteiger partial charge in [-0.2, -0.15) is 0 Å². The summed E-state index contributed by atoms with van der Waals surface area (Å²) < 4.78 is 0. The van der Waals surface area contributed by atoms with E-state index in [1.54, 1.807) is 6.07 Å². The fourth-order valence-corrected chi connectivity index (χ4v) is 1.64. The predicted molar refractivity (Wildman–Crippen MR) is 52.4 cm³/mol. The van der Waals surface area contributed by atoms with E-state index in [4.69, 9.17) is 5.73 Å². The Morgan fingerprint density at radius 3 is 2.69 bits per heavy atom. The summed E-state index contributed by atoms with van der Waals surface area (Å²) in [4.78, 5) is 0. The van der Waals surface area contributed by atoms with Crippen molar-refractivity contribution >= 4 is 0 Å². The van der Waals surface area contributed by atoms with Crippen LogP contribution in [0.25, 0.3) is 0 Å². The lowest BCUT2D eigenvalue weighted by molar-refractivity contribution is 0.455. The summed E-state index contributed by atoms with van der Waals surface area (Å²) in [6.07, 6.45) is 3.63. The van der Waals surface area contributed by atoms with E-state index in [0.717, 1.165) is 17.9 Å². The molecule has 2 rings (SSSR count). The summed E-state index contributed by atoms with van der Waals surface area (Å²) in [7, 11) is 0. The van der Waals surface area contributed by atoms with Gasteiger partial charge in [0.2, 0.25) is 0 Å². The second-order valence-corrected chi connectivity index (χ2v) is 3.84. The maximum Gasteiger partial charge on any atom is 0.120 e. The van der Waals surface area contributed by atoms with Crippen molar-refractivity contribution in [3.8, 4) is 5.75 Å². The first-order chi connectivity index (χ1) is 6.27. The van der Waals surface area contributed by atoms with Gasteiger partial charge in [-0.3, -0.25) is 0 Å². The first kappa shape index (κ1) is 8.57. The van der Waals surface area contributed by atoms with Crippen molar-refractivity contribution in [3.63, 3.8) is 0 Å². The van der Waals surface area contributed by atoms with E-state index in [-0.39, 0.29) is 6.04 Å². The molecule has 1 aliphatic rings. The van der Waals surface area contributed by atoms with E-state index in [0.29, 0.717) is 5.75 Å². The van der Waals surface area contributed by atoms with Gasteiger partial charge in [0.15, 0.2) is 0 Å². The summed E-state index contributed by atoms with van der Waals surface area (Å²) in [6, 6.07) is 7.35. The first-order valence-corrected chi connectivity index (χ1v) is 4.81. The van der Waals surface area contributed by atoms with Gasteiger partial charge in [0.1, 0.15) is 5.75 Å². The van der Waals surface area contributed by atoms with Gasteiger partial charge < -0.3 is 10.8 Å². The minimum absolute atomic E-state index is 0.00806. The van der Waals surface area contributed by atoms with Crippen molar-refractivity contribution in [2.24, 2.45) is 11.7 Å². The largest absolute Gasteiger partial charge is 0.508 e. The average Bonchev–Trinajstić information content (AvgIpc) is 2.89. The molecule has 0 bridgehead atoms. The third-order valence-electron chi connectivity index (χ3n) is 2.62. The molecule has 0 amide bonds. The quantitative estimate of drug-likeness (QED) is 0.743. The summed E-state index contributed by atoms with van der Waals surface area (Å²) in [5.74, 6) is 1.13. The molecule has 0 aliphatic heterocycles. The number of para-hydroxylation sites is 1. The minimum atomic E-state index is 0.00806. The number of aromatic hydroxyl groups is 1. The number of phenolic OH excluding ortho intramolecular Hbond substituents is 1. The molecule has 0 saturated heterocycles. The van der Waals surface area contributed by atoms with E-state index in [2.05, 4.69) is 0 Å². The Labute approximate surface area is 78.4 Å². The molecule has 1 aliphatic carbocycles. The number of benzene rings is 1. The zero-order valence-electron chi connectivity index (χ0n) is 7.61. The van der Waals surface area contributed by atoms with Crippen molar-refractivity contribution in [2.45, 2.75) is 25.3 Å². The van der Waals surface area contributed by atoms with Crippen LogP contribution in [0.2, 0.25) is 0 Å². The van der Waals surface area contributed by atoms with Crippen LogP contribution < -0.4 is 5.73 Å². The monoisotopic (exact) mass is 177 g/mol. The van der Waals surface area contributed by atoms with Crippen LogP contribution in [0.15, 0.2) is 24.3 Å². The number of phenols is 1. The number of hydrogen-bond donors (Lipinski definition) is 2. The molecular weight excluding hydrogens is 162 g/mol. The highest BCUT2D eigenvalue weighted by atomic mass is 16.3. The minimum Gasteiger partial charge on any atom is -0.508 e. The zero-order chi connectivity index (χ0) is 9.26. The summed E-state index contributed by atoms with van der Waals surface area (Å²) in [6.45, 7) is 0. The lowest BCUT2D eigenvalue weighted by Crippen LogP contribution is -2.10. The van der Waals surface area contributed by atoms with Crippen LogP contribution in [-0.2, 0) is 0 Å². The Bertz CT molecular complexity index is 294. The van der Waals surface area contributed by atoms with E-state index in [1.165, 1.54) is 12.8 Å². The molecular formula is C11H15NO. The van der Waals surface area contributed by atoms with E-state index in [9.17, 15) is 5.11 Å². The van der Waals surface area contributed by atoms with Crippen molar-refractivity contribution < 1.29 is 5.11 Å². The zero-order valence-corrected chi connectivity index (χ0v) is 7.61. The fraction of sp³-hybridized carbons (Fsp3) is 0.455. The molecule has 0 aromatic heterocycles. The smallest absolute Gasteiger partial charge is 0.120 e. The normalized spacial score (nSPS) is 18.5. The van der Waals surface area contributed by atoms with Crippen LogP contribution in [0.1, 0.15) is 30.9 Å². The molecule has 0 spiro atoms. The molecule has 1 saturated carbocycles. The summed E-state index contributed by atoms with van der Waals surface area (Å²) in [5.41, 5.74) is 6.86. The molecule has 2 heteroatoms. The molecule has 0 unspecified atom stereocenters. The highest BCUT2D eigenvalue weighted by Crippen LogP contribution is 2.38. The van der Waals surface area contributed by atoms with Gasteiger partial charge >= 0.3 is 0 Å². The van der Waals surface area contributed by atoms with Gasteiger partial charge in [-0.05, 0) is 18.4 Å². The standard InChI is InChI=1S/C11H15NO/c12-10(7-8-5-6-8)9-3-1-2-4-11(9)13/h1-4,8,10,13H,5-7,12H2/t10-/m0/s1. The Balaban J connectivity index is 2.09. The third kappa shape index (κ3) is 2.01. The van der Waals surface area contributed by atoms with E-state index >= 15 is 0 Å². The first-order valence-electron chi connectivity index (χ1n) is 4.81. The highest BCUT2D eigenvalue weighted by Gasteiger charge is 2.25. The average molecular weight is 177 g/mol. The van der Waals surface area contributed by atoms with Gasteiger partial charge in [0.05, 0.1) is 0 Å². The van der Waals surface area contributed by atoms with Crippen LogP contribution in [0.5, 0.6) is 5.75 Å². The van der Waals surface area contributed by atoms with E-state index < -0.39 is 0 Å². The summed E-state index contributed by atoms with van der Waals surface area (Å²) >= 11 is 0. The molecule has 0 heterocycles. The topological polar surface area (TPSA) is 46.2 Å². The summed E-state index contributed by atoms with van der Waals surface area (Å²) in [5, 5.41) is 9.53. The lowest BCUT2D eigenvalue weighted by Gasteiger charge is -2.12. The number of hydrogen-bond acceptors (Lipinski definition) is 2. The molecule has 1 fully saturated rings. The lowest BCUT2D eigenvalue weighted by atomic mass is 10.0. The third-order valence-corrected chi connectivity index (χ3v) is 2.62. The van der Waals surface area contributed by atoms with Gasteiger partial charge in [-0.1, -0.05) is 31.0 Å². The Morgan fingerprint density at radius 1 is 1.38 bits per heavy atom. The van der Waals surface area contributed by atoms with Crippen molar-refractivity contribution in [1.82, 2.24) is 0 Å². The molecule has 1 aromatic rings. The fourth-order valence-electron chi connectivity index (χ4n) is 1.64. The van der Waals surface area contributed by atoms with Gasteiger partial charge in [-0.25, -0.2) is 0 Å². The maximum atomic E-state index is 9.53. The predicted octanol–water partition coefficient (Wildman–Crippen LogP) is 2.19. The van der Waals surface area contributed by atoms with Crippen LogP contribution in [-0.4, -0.2) is 5.11 Å². The van der Waals surface area contributed by atoms with Crippen LogP contribution in [0, 0.1) is 5.92 Å². The maximum absolute atomic E-state index is 9.53. The second-order valence-electron chi connectivity index (χ2n) is 3.84. The Morgan fingerprint density at radius 2 is 2.08 bits per heavy atom. The Hall–Kier alpha value is -1.02. The van der Waals surface area contributed by atoms with Crippen LogP contribution in [0.4, 0.5) is 0 Å². The molecule has 70 valence electrons. The number of rotatable bonds is 3. The molecule has 2 nitrogen and oxygen atoms in total. The molecule has 3 N–H and O–H groups in total. The second kappa shape index (κ2) is 3.38. The molecule has 1 aromatic carbocycles. The Kier molecular flexibility index (Phi) is 2.23. The van der Waals surface area contributed by atoms with Gasteiger partial charge in [0, 0.05) is 11.6 Å². The van der Waals surface area contributed by atoms with Crippen LogP contribution >= 0.6 is 0 Å². The van der Waals surface area contributed by atoms with Crippen molar-refractivity contribution in [1.29, 1.82) is 0 Å². The molecule has 1 atom stereocenters. The van der Waals surface area contributed by atoms with Crippen LogP contribution in [0.3, 0.4) is 0 Å². The van der Waals surface area contributed by atoms with Crippen molar-refractivity contribution in [2.75, 3.05) is 0 Å². The number of nitrogens with two attached hydrogens (primary N) is 1. The van der Waals surface area contributed by atoms with E-state index in [1.807, 2.05) is 18.2 Å². The van der Waals surface area contributed by atoms with Crippen molar-refractivity contribution in [3.05, 3.63) is 29.8 Å².